The molecule has 0 aromatic heterocycles. The lowest BCUT2D eigenvalue weighted by atomic mass is 9.72. The van der Waals surface area contributed by atoms with Crippen LogP contribution in [0.15, 0.2) is 76.9 Å². The minimum atomic E-state index is -0.401. The monoisotopic (exact) mass is 491 g/mol. The zero-order valence-electron chi connectivity index (χ0n) is 22.6. The summed E-state index contributed by atoms with van der Waals surface area (Å²) < 4.78 is 5.35. The number of ether oxygens (including phenoxy) is 1. The SMILES string of the molecule is CCCCC(=O)Oc1cc(O)ccc1NC(=O)/C=C(C)/C=C/C=C(C)/C=C/C1=C(C)CCCC1(C)C. The predicted octanol–water partition coefficient (Wildman–Crippen LogP) is 7.96. The normalized spacial score (nSPS) is 16.6. The highest BCUT2D eigenvalue weighted by Gasteiger charge is 2.26. The topological polar surface area (TPSA) is 75.6 Å². The zero-order chi connectivity index (χ0) is 26.7. The van der Waals surface area contributed by atoms with Gasteiger partial charge in [-0.2, -0.15) is 0 Å². The van der Waals surface area contributed by atoms with Crippen molar-refractivity contribution in [3.8, 4) is 11.5 Å². The van der Waals surface area contributed by atoms with Crippen LogP contribution in [-0.2, 0) is 9.59 Å². The molecule has 1 aromatic carbocycles. The van der Waals surface area contributed by atoms with Crippen LogP contribution in [0.5, 0.6) is 11.5 Å². The molecule has 2 N–H and O–H groups in total. The molecular formula is C31H41NO4. The van der Waals surface area contributed by atoms with Gasteiger partial charge in [0, 0.05) is 18.6 Å². The van der Waals surface area contributed by atoms with Gasteiger partial charge in [0.2, 0.25) is 5.91 Å². The molecule has 1 aromatic rings. The van der Waals surface area contributed by atoms with E-state index in [0.29, 0.717) is 12.1 Å². The molecule has 1 amide bonds. The third-order valence-electron chi connectivity index (χ3n) is 6.31. The highest BCUT2D eigenvalue weighted by Crippen LogP contribution is 2.40. The van der Waals surface area contributed by atoms with E-state index >= 15 is 0 Å². The second-order valence-electron chi connectivity index (χ2n) is 10.2. The van der Waals surface area contributed by atoms with Gasteiger partial charge in [0.1, 0.15) is 5.75 Å². The Morgan fingerprint density at radius 2 is 1.92 bits per heavy atom. The van der Waals surface area contributed by atoms with Gasteiger partial charge in [0.25, 0.3) is 0 Å². The first-order valence-electron chi connectivity index (χ1n) is 12.8. The summed E-state index contributed by atoms with van der Waals surface area (Å²) in [5.41, 5.74) is 5.35. The summed E-state index contributed by atoms with van der Waals surface area (Å²) >= 11 is 0. The molecule has 5 nitrogen and oxygen atoms in total. The van der Waals surface area contributed by atoms with Gasteiger partial charge < -0.3 is 15.2 Å². The number of benzene rings is 1. The molecule has 0 fully saturated rings. The Kier molecular flexibility index (Phi) is 11.0. The second kappa shape index (κ2) is 13.7. The first kappa shape index (κ1) is 28.9. The van der Waals surface area contributed by atoms with Crippen molar-refractivity contribution in [2.45, 2.75) is 80.1 Å². The number of phenols is 1. The number of anilines is 1. The molecule has 0 atom stereocenters. The van der Waals surface area contributed by atoms with Crippen LogP contribution >= 0.6 is 0 Å². The van der Waals surface area contributed by atoms with E-state index in [9.17, 15) is 14.7 Å². The van der Waals surface area contributed by atoms with Crippen molar-refractivity contribution >= 4 is 17.6 Å². The molecule has 0 aliphatic heterocycles. The van der Waals surface area contributed by atoms with Crippen molar-refractivity contribution in [2.75, 3.05) is 5.32 Å². The number of carbonyl (C=O) groups excluding carboxylic acids is 2. The van der Waals surface area contributed by atoms with Gasteiger partial charge in [-0.05, 0) is 75.1 Å². The number of phenolic OH excluding ortho intramolecular Hbond substituents is 1. The van der Waals surface area contributed by atoms with E-state index in [1.165, 1.54) is 54.7 Å². The molecule has 36 heavy (non-hydrogen) atoms. The average molecular weight is 492 g/mol. The van der Waals surface area contributed by atoms with Gasteiger partial charge in [-0.25, -0.2) is 0 Å². The van der Waals surface area contributed by atoms with Gasteiger partial charge in [-0.3, -0.25) is 9.59 Å². The van der Waals surface area contributed by atoms with Crippen LogP contribution in [-0.4, -0.2) is 17.0 Å². The molecule has 194 valence electrons. The van der Waals surface area contributed by atoms with Crippen LogP contribution in [0.25, 0.3) is 0 Å². The number of esters is 1. The Morgan fingerprint density at radius 3 is 2.61 bits per heavy atom. The van der Waals surface area contributed by atoms with Crippen LogP contribution in [0.2, 0.25) is 0 Å². The van der Waals surface area contributed by atoms with Gasteiger partial charge in [0.05, 0.1) is 5.69 Å². The number of rotatable bonds is 10. The maximum Gasteiger partial charge on any atom is 0.311 e. The Bertz CT molecular complexity index is 1100. The van der Waals surface area contributed by atoms with Crippen molar-refractivity contribution in [2.24, 2.45) is 5.41 Å². The lowest BCUT2D eigenvalue weighted by Crippen LogP contribution is -2.19. The van der Waals surface area contributed by atoms with E-state index in [1.807, 2.05) is 32.1 Å². The Balaban J connectivity index is 2.02. The first-order chi connectivity index (χ1) is 17.0. The van der Waals surface area contributed by atoms with Crippen molar-refractivity contribution in [3.63, 3.8) is 0 Å². The number of allylic oxidation sites excluding steroid dienone is 9. The lowest BCUT2D eigenvalue weighted by molar-refractivity contribution is -0.134. The molecule has 1 aliphatic carbocycles. The quantitative estimate of drug-likeness (QED) is 0.114. The van der Waals surface area contributed by atoms with Crippen LogP contribution < -0.4 is 10.1 Å². The summed E-state index contributed by atoms with van der Waals surface area (Å²) in [4.78, 5) is 24.5. The van der Waals surface area contributed by atoms with Crippen LogP contribution in [0.4, 0.5) is 5.69 Å². The Hall–Kier alpha value is -3.34. The van der Waals surface area contributed by atoms with E-state index in [4.69, 9.17) is 4.74 Å². The van der Waals surface area contributed by atoms with Gasteiger partial charge in [-0.1, -0.05) is 68.7 Å². The molecular weight excluding hydrogens is 450 g/mol. The highest BCUT2D eigenvalue weighted by atomic mass is 16.5. The maximum absolute atomic E-state index is 12.5. The smallest absolute Gasteiger partial charge is 0.311 e. The fraction of sp³-hybridized carbons (Fsp3) is 0.419. The molecule has 0 bridgehead atoms. The molecule has 2 rings (SSSR count). The summed E-state index contributed by atoms with van der Waals surface area (Å²) in [6.45, 7) is 12.7. The predicted molar refractivity (Wildman–Crippen MR) is 148 cm³/mol. The third-order valence-corrected chi connectivity index (χ3v) is 6.31. The summed E-state index contributed by atoms with van der Waals surface area (Å²) in [5.74, 6) is -0.669. The van der Waals surface area contributed by atoms with Gasteiger partial charge in [-0.15, -0.1) is 0 Å². The van der Waals surface area contributed by atoms with Crippen LogP contribution in [0.1, 0.15) is 80.1 Å². The number of carbonyl (C=O) groups is 2. The number of hydrogen-bond acceptors (Lipinski definition) is 4. The molecule has 0 saturated heterocycles. The molecule has 5 heteroatoms. The standard InChI is InChI=1S/C31H41NO4/c1-7-8-14-30(35)36-28-21-25(33)16-18-27(28)32-29(34)20-23(3)12-9-11-22(2)15-17-26-24(4)13-10-19-31(26,5)6/h9,11-12,15-18,20-21,33H,7-8,10,13-14,19H2,1-6H3,(H,32,34)/b12-9+,17-15+,22-11+,23-20+. The van der Waals surface area contributed by atoms with Crippen LogP contribution in [0, 0.1) is 5.41 Å². The number of hydrogen-bond donors (Lipinski definition) is 2. The third kappa shape index (κ3) is 9.37. The van der Waals surface area contributed by atoms with E-state index < -0.39 is 5.97 Å². The minimum Gasteiger partial charge on any atom is -0.508 e. The summed E-state index contributed by atoms with van der Waals surface area (Å²) in [7, 11) is 0. The highest BCUT2D eigenvalue weighted by molar-refractivity contribution is 6.01. The van der Waals surface area contributed by atoms with Crippen molar-refractivity contribution < 1.29 is 19.4 Å². The summed E-state index contributed by atoms with van der Waals surface area (Å²) in [6.07, 6.45) is 17.2. The fourth-order valence-corrected chi connectivity index (χ4v) is 4.25. The molecule has 0 unspecified atom stereocenters. The zero-order valence-corrected chi connectivity index (χ0v) is 22.6. The van der Waals surface area contributed by atoms with E-state index in [0.717, 1.165) is 17.6 Å². The van der Waals surface area contributed by atoms with Crippen LogP contribution in [0.3, 0.4) is 0 Å². The van der Waals surface area contributed by atoms with E-state index in [-0.39, 0.29) is 29.2 Å². The van der Waals surface area contributed by atoms with Crippen molar-refractivity contribution in [1.82, 2.24) is 0 Å². The van der Waals surface area contributed by atoms with Crippen molar-refractivity contribution in [3.05, 3.63) is 76.9 Å². The number of aromatic hydroxyl groups is 1. The molecule has 0 saturated carbocycles. The summed E-state index contributed by atoms with van der Waals surface area (Å²) in [5, 5.41) is 12.5. The average Bonchev–Trinajstić information content (AvgIpc) is 2.78. The molecule has 1 aliphatic rings. The molecule has 0 spiro atoms. The largest absolute Gasteiger partial charge is 0.508 e. The molecule has 0 radical (unpaired) electrons. The Morgan fingerprint density at radius 1 is 1.17 bits per heavy atom. The van der Waals surface area contributed by atoms with Gasteiger partial charge >= 0.3 is 5.97 Å². The van der Waals surface area contributed by atoms with E-state index in [2.05, 4.69) is 45.2 Å². The summed E-state index contributed by atoms with van der Waals surface area (Å²) in [6, 6.07) is 4.27. The maximum atomic E-state index is 12.5. The lowest BCUT2D eigenvalue weighted by Gasteiger charge is -2.32. The molecule has 0 heterocycles. The first-order valence-corrected chi connectivity index (χ1v) is 12.8. The second-order valence-corrected chi connectivity index (χ2v) is 10.2. The minimum absolute atomic E-state index is 0.0457. The number of nitrogens with one attached hydrogen (secondary N) is 1. The van der Waals surface area contributed by atoms with Crippen molar-refractivity contribution in [1.29, 1.82) is 0 Å². The van der Waals surface area contributed by atoms with E-state index in [1.54, 1.807) is 0 Å². The number of unbranched alkanes of at least 4 members (excludes halogenated alkanes) is 1. The van der Waals surface area contributed by atoms with Gasteiger partial charge in [0.15, 0.2) is 5.75 Å². The number of amides is 1. The Labute approximate surface area is 216 Å². The fourth-order valence-electron chi connectivity index (χ4n) is 4.25.